The van der Waals surface area contributed by atoms with Gasteiger partial charge in [0.15, 0.2) is 0 Å². The molecule has 1 heteroatoms. The highest BCUT2D eigenvalue weighted by Gasteiger charge is 2.52. The average Bonchev–Trinajstić information content (AvgIpc) is 3.59. The van der Waals surface area contributed by atoms with Gasteiger partial charge in [-0.15, -0.1) is 0 Å². The number of hydrogen-bond acceptors (Lipinski definition) is 1. The van der Waals surface area contributed by atoms with Crippen molar-refractivity contribution in [2.45, 2.75) is 12.3 Å². The molecule has 0 saturated heterocycles. The highest BCUT2D eigenvalue weighted by atomic mass is 15.1. The van der Waals surface area contributed by atoms with E-state index in [0.29, 0.717) is 0 Å². The number of benzene rings is 8. The van der Waals surface area contributed by atoms with Crippen LogP contribution >= 0.6 is 0 Å². The van der Waals surface area contributed by atoms with Gasteiger partial charge in [-0.05, 0) is 121 Å². The van der Waals surface area contributed by atoms with Gasteiger partial charge < -0.3 is 4.90 Å². The van der Waals surface area contributed by atoms with Gasteiger partial charge in [0.2, 0.25) is 0 Å². The van der Waals surface area contributed by atoms with Crippen LogP contribution in [-0.2, 0) is 5.41 Å². The maximum Gasteiger partial charge on any atom is 0.0725 e. The molecule has 47 heavy (non-hydrogen) atoms. The summed E-state index contributed by atoms with van der Waals surface area (Å²) in [5.74, 6) is 0. The van der Waals surface area contributed by atoms with Crippen LogP contribution in [0, 0.1) is 6.92 Å². The lowest BCUT2D eigenvalue weighted by molar-refractivity contribution is 0.795. The van der Waals surface area contributed by atoms with Crippen molar-refractivity contribution in [2.24, 2.45) is 0 Å². The Balaban J connectivity index is 1.30. The predicted octanol–water partition coefficient (Wildman–Crippen LogP) is 12.1. The number of hydrogen-bond donors (Lipinski definition) is 0. The van der Waals surface area contributed by atoms with E-state index in [1.807, 2.05) is 0 Å². The molecule has 0 fully saturated rings. The van der Waals surface area contributed by atoms with Crippen LogP contribution in [0.2, 0.25) is 0 Å². The average molecular weight is 598 g/mol. The van der Waals surface area contributed by atoms with Crippen LogP contribution in [-0.4, -0.2) is 0 Å². The summed E-state index contributed by atoms with van der Waals surface area (Å²) in [4.78, 5) is 2.39. The second kappa shape index (κ2) is 9.79. The Bertz CT molecular complexity index is 2500. The highest BCUT2D eigenvalue weighted by Crippen LogP contribution is 2.64. The zero-order valence-corrected chi connectivity index (χ0v) is 26.1. The first-order chi connectivity index (χ1) is 23.2. The van der Waals surface area contributed by atoms with Crippen LogP contribution in [0.5, 0.6) is 0 Å². The minimum absolute atomic E-state index is 0.388. The first-order valence-corrected chi connectivity index (χ1v) is 16.4. The first-order valence-electron chi connectivity index (χ1n) is 16.4. The van der Waals surface area contributed by atoms with Crippen molar-refractivity contribution in [1.29, 1.82) is 0 Å². The maximum absolute atomic E-state index is 2.50. The summed E-state index contributed by atoms with van der Waals surface area (Å²) >= 11 is 0. The van der Waals surface area contributed by atoms with Gasteiger partial charge in [-0.3, -0.25) is 0 Å². The molecule has 0 heterocycles. The molecule has 2 aliphatic rings. The van der Waals surface area contributed by atoms with E-state index >= 15 is 0 Å². The van der Waals surface area contributed by atoms with Gasteiger partial charge in [0, 0.05) is 17.1 Å². The van der Waals surface area contributed by atoms with Crippen molar-refractivity contribution < 1.29 is 0 Å². The summed E-state index contributed by atoms with van der Waals surface area (Å²) in [6, 6.07) is 63.0. The molecular formula is C46H31N. The SMILES string of the molecule is Cc1ccccc1N(c1ccccc1)c1ccc2cc3c(cc2c1)C1(c2ccccc2-c2ccccc21)c1ccc2ccccc2c1-3. The molecule has 2 aliphatic carbocycles. The van der Waals surface area contributed by atoms with Crippen molar-refractivity contribution in [3.63, 3.8) is 0 Å². The van der Waals surface area contributed by atoms with E-state index in [0.717, 1.165) is 11.4 Å². The topological polar surface area (TPSA) is 3.24 Å². The van der Waals surface area contributed by atoms with Crippen molar-refractivity contribution in [3.8, 4) is 22.3 Å². The summed E-state index contributed by atoms with van der Waals surface area (Å²) in [7, 11) is 0. The molecule has 0 aliphatic heterocycles. The van der Waals surface area contributed by atoms with Crippen molar-refractivity contribution in [3.05, 3.63) is 198 Å². The summed E-state index contributed by atoms with van der Waals surface area (Å²) in [6.45, 7) is 2.19. The molecule has 0 bridgehead atoms. The molecule has 1 nitrogen and oxygen atoms in total. The first kappa shape index (κ1) is 26.3. The van der Waals surface area contributed by atoms with Crippen LogP contribution in [0.4, 0.5) is 17.1 Å². The normalized spacial score (nSPS) is 13.4. The third kappa shape index (κ3) is 3.54. The summed E-state index contributed by atoms with van der Waals surface area (Å²) in [5, 5.41) is 5.09. The minimum Gasteiger partial charge on any atom is -0.310 e. The minimum atomic E-state index is -0.388. The number of fused-ring (bicyclic) bond motifs is 13. The second-order valence-electron chi connectivity index (χ2n) is 12.9. The fourth-order valence-corrected chi connectivity index (χ4v) is 8.59. The van der Waals surface area contributed by atoms with E-state index in [4.69, 9.17) is 0 Å². The van der Waals surface area contributed by atoms with Crippen LogP contribution < -0.4 is 4.90 Å². The van der Waals surface area contributed by atoms with Crippen LogP contribution in [0.25, 0.3) is 43.8 Å². The lowest BCUT2D eigenvalue weighted by atomic mass is 9.70. The van der Waals surface area contributed by atoms with E-state index in [2.05, 4.69) is 182 Å². The lowest BCUT2D eigenvalue weighted by Crippen LogP contribution is -2.25. The van der Waals surface area contributed by atoms with Crippen molar-refractivity contribution >= 4 is 38.6 Å². The fourth-order valence-electron chi connectivity index (χ4n) is 8.59. The van der Waals surface area contributed by atoms with E-state index in [9.17, 15) is 0 Å². The van der Waals surface area contributed by atoms with Gasteiger partial charge in [0.25, 0.3) is 0 Å². The maximum atomic E-state index is 2.50. The van der Waals surface area contributed by atoms with Crippen LogP contribution in [0.15, 0.2) is 170 Å². The molecule has 0 aromatic heterocycles. The van der Waals surface area contributed by atoms with Gasteiger partial charge in [-0.1, -0.05) is 127 Å². The third-order valence-corrected chi connectivity index (χ3v) is 10.5. The van der Waals surface area contributed by atoms with Crippen molar-refractivity contribution in [1.82, 2.24) is 0 Å². The molecule has 0 unspecified atom stereocenters. The zero-order chi connectivity index (χ0) is 31.1. The molecule has 220 valence electrons. The highest BCUT2D eigenvalue weighted by molar-refractivity contribution is 6.09. The van der Waals surface area contributed by atoms with Crippen LogP contribution in [0.3, 0.4) is 0 Å². The van der Waals surface area contributed by atoms with E-state index in [-0.39, 0.29) is 5.41 Å². The van der Waals surface area contributed by atoms with Gasteiger partial charge in [-0.2, -0.15) is 0 Å². The van der Waals surface area contributed by atoms with Crippen LogP contribution in [0.1, 0.15) is 27.8 Å². The number of para-hydroxylation sites is 2. The van der Waals surface area contributed by atoms with Gasteiger partial charge in [0.05, 0.1) is 5.41 Å². The number of nitrogens with zero attached hydrogens (tertiary/aromatic N) is 1. The van der Waals surface area contributed by atoms with E-state index < -0.39 is 0 Å². The monoisotopic (exact) mass is 597 g/mol. The molecular weight excluding hydrogens is 567 g/mol. The molecule has 1 spiro atoms. The summed E-state index contributed by atoms with van der Waals surface area (Å²) < 4.78 is 0. The quantitative estimate of drug-likeness (QED) is 0.196. The number of anilines is 3. The Kier molecular flexibility index (Phi) is 5.48. The van der Waals surface area contributed by atoms with Gasteiger partial charge in [0.1, 0.15) is 0 Å². The Morgan fingerprint density at radius 2 is 1.06 bits per heavy atom. The summed E-state index contributed by atoms with van der Waals surface area (Å²) in [5.41, 5.74) is 15.2. The third-order valence-electron chi connectivity index (χ3n) is 10.5. The Morgan fingerprint density at radius 1 is 0.404 bits per heavy atom. The van der Waals surface area contributed by atoms with Gasteiger partial charge in [-0.25, -0.2) is 0 Å². The van der Waals surface area contributed by atoms with Crippen molar-refractivity contribution in [2.75, 3.05) is 4.90 Å². The number of rotatable bonds is 3. The molecule has 8 aromatic rings. The second-order valence-corrected chi connectivity index (χ2v) is 12.9. The Morgan fingerprint density at radius 3 is 1.85 bits per heavy atom. The molecule has 8 aromatic carbocycles. The summed E-state index contributed by atoms with van der Waals surface area (Å²) in [6.07, 6.45) is 0. The molecule has 0 saturated carbocycles. The van der Waals surface area contributed by atoms with E-state index in [1.165, 1.54) is 77.3 Å². The zero-order valence-electron chi connectivity index (χ0n) is 26.1. The molecule has 10 rings (SSSR count). The lowest BCUT2D eigenvalue weighted by Gasteiger charge is -2.31. The fraction of sp³-hybridized carbons (Fsp3) is 0.0435. The Hall–Kier alpha value is -5.92. The largest absolute Gasteiger partial charge is 0.310 e. The smallest absolute Gasteiger partial charge is 0.0725 e. The molecule has 0 amide bonds. The molecule has 0 radical (unpaired) electrons. The predicted molar refractivity (Wildman–Crippen MR) is 197 cm³/mol. The van der Waals surface area contributed by atoms with Gasteiger partial charge >= 0.3 is 0 Å². The standard InChI is InChI=1S/C46H31N/c1-30-13-5-12-22-44(30)47(34-15-3-2-4-16-34)35-25-23-32-28-39-43(29-33(32)27-35)46(42-26-24-31-14-6-7-17-36(31)45(39)42)40-20-10-8-18-37(40)38-19-9-11-21-41(38)46/h2-29H,1H3. The van der Waals surface area contributed by atoms with E-state index in [1.54, 1.807) is 0 Å². The number of aryl methyl sites for hydroxylation is 1. The molecule has 0 atom stereocenters. The Labute approximate surface area is 275 Å². The molecule has 0 N–H and O–H groups in total.